The van der Waals surface area contributed by atoms with E-state index in [4.69, 9.17) is 20.1 Å². The largest absolute Gasteiger partial charge is 0.496 e. The molecule has 1 heterocycles. The quantitative estimate of drug-likeness (QED) is 0.608. The van der Waals surface area contributed by atoms with Crippen LogP contribution in [-0.4, -0.2) is 21.3 Å². The molecule has 114 valence electrons. The highest BCUT2D eigenvalue weighted by Gasteiger charge is 2.19. The number of ether oxygens (including phenoxy) is 3. The number of rotatable bonds is 7. The Morgan fingerprint density at radius 3 is 2.29 bits per heavy atom. The minimum atomic E-state index is -0.0747. The molecule has 0 aliphatic rings. The molecule has 2 aromatic rings. The maximum Gasteiger partial charge on any atom is 0.164 e. The number of hydrogen-bond acceptors (Lipinski definition) is 6. The molecule has 1 aromatic carbocycles. The summed E-state index contributed by atoms with van der Waals surface area (Å²) in [7, 11) is 4.84. The summed E-state index contributed by atoms with van der Waals surface area (Å²) in [5, 5.41) is 4.16. The van der Waals surface area contributed by atoms with Gasteiger partial charge in [-0.05, 0) is 34.9 Å². The van der Waals surface area contributed by atoms with Gasteiger partial charge < -0.3 is 14.2 Å². The first-order valence-electron chi connectivity index (χ1n) is 6.50. The zero-order valence-corrected chi connectivity index (χ0v) is 13.2. The molecule has 0 bridgehead atoms. The third-order valence-electron chi connectivity index (χ3n) is 3.33. The van der Waals surface area contributed by atoms with Crippen molar-refractivity contribution in [1.82, 2.24) is 5.43 Å². The Labute approximate surface area is 128 Å². The summed E-state index contributed by atoms with van der Waals surface area (Å²) in [4.78, 5) is 0. The summed E-state index contributed by atoms with van der Waals surface area (Å²) in [5.41, 5.74) is 5.00. The lowest BCUT2D eigenvalue weighted by molar-refractivity contribution is 0.345. The molecule has 21 heavy (non-hydrogen) atoms. The highest BCUT2D eigenvalue weighted by molar-refractivity contribution is 7.07. The average molecular weight is 308 g/mol. The molecule has 6 heteroatoms. The van der Waals surface area contributed by atoms with Gasteiger partial charge in [-0.3, -0.25) is 11.3 Å². The van der Waals surface area contributed by atoms with Crippen LogP contribution in [0.1, 0.15) is 17.2 Å². The lowest BCUT2D eigenvalue weighted by atomic mass is 9.99. The molecule has 0 fully saturated rings. The molecular weight excluding hydrogens is 288 g/mol. The lowest BCUT2D eigenvalue weighted by Crippen LogP contribution is -2.29. The van der Waals surface area contributed by atoms with Crippen LogP contribution in [-0.2, 0) is 6.42 Å². The van der Waals surface area contributed by atoms with E-state index in [0.29, 0.717) is 17.2 Å². The molecule has 0 radical (unpaired) electrons. The minimum Gasteiger partial charge on any atom is -0.496 e. The maximum atomic E-state index is 5.73. The second-order valence-electron chi connectivity index (χ2n) is 4.50. The van der Waals surface area contributed by atoms with Crippen molar-refractivity contribution in [3.05, 3.63) is 40.1 Å². The van der Waals surface area contributed by atoms with E-state index < -0.39 is 0 Å². The van der Waals surface area contributed by atoms with Gasteiger partial charge in [0.2, 0.25) is 0 Å². The van der Waals surface area contributed by atoms with Crippen LogP contribution in [0.25, 0.3) is 0 Å². The summed E-state index contributed by atoms with van der Waals surface area (Å²) in [6.07, 6.45) is 0.770. The van der Waals surface area contributed by atoms with E-state index in [-0.39, 0.29) is 6.04 Å². The Morgan fingerprint density at radius 2 is 1.76 bits per heavy atom. The Bertz CT molecular complexity index is 573. The lowest BCUT2D eigenvalue weighted by Gasteiger charge is -2.21. The Kier molecular flexibility index (Phi) is 5.44. The first-order chi connectivity index (χ1) is 10.2. The van der Waals surface area contributed by atoms with Crippen molar-refractivity contribution >= 4 is 11.3 Å². The van der Waals surface area contributed by atoms with Gasteiger partial charge in [-0.15, -0.1) is 0 Å². The standard InChI is InChI=1S/C15H20N2O3S/c1-18-13-8-15(20-3)14(19-2)7-11(13)12(17-16)6-10-4-5-21-9-10/h4-5,7-9,12,17H,6,16H2,1-3H3. The summed E-state index contributed by atoms with van der Waals surface area (Å²) in [6.45, 7) is 0. The number of benzene rings is 1. The molecule has 0 aliphatic carbocycles. The van der Waals surface area contributed by atoms with Gasteiger partial charge in [0.05, 0.1) is 27.4 Å². The first-order valence-corrected chi connectivity index (χ1v) is 7.44. The smallest absolute Gasteiger partial charge is 0.164 e. The van der Waals surface area contributed by atoms with E-state index in [2.05, 4.69) is 22.3 Å². The molecule has 3 N–H and O–H groups in total. The van der Waals surface area contributed by atoms with Crippen LogP contribution in [0.2, 0.25) is 0 Å². The van der Waals surface area contributed by atoms with Crippen LogP contribution in [0.5, 0.6) is 17.2 Å². The van der Waals surface area contributed by atoms with Crippen molar-refractivity contribution in [2.45, 2.75) is 12.5 Å². The van der Waals surface area contributed by atoms with Crippen LogP contribution >= 0.6 is 11.3 Å². The molecule has 0 saturated carbocycles. The number of nitrogens with two attached hydrogens (primary N) is 1. The Hall–Kier alpha value is -1.76. The van der Waals surface area contributed by atoms with Gasteiger partial charge in [0.15, 0.2) is 11.5 Å². The van der Waals surface area contributed by atoms with Gasteiger partial charge in [-0.1, -0.05) is 0 Å². The highest BCUT2D eigenvalue weighted by Crippen LogP contribution is 2.38. The molecular formula is C15H20N2O3S. The molecule has 0 saturated heterocycles. The van der Waals surface area contributed by atoms with Crippen molar-refractivity contribution < 1.29 is 14.2 Å². The van der Waals surface area contributed by atoms with Crippen molar-refractivity contribution in [2.75, 3.05) is 21.3 Å². The second kappa shape index (κ2) is 7.31. The molecule has 0 spiro atoms. The Morgan fingerprint density at radius 1 is 1.10 bits per heavy atom. The van der Waals surface area contributed by atoms with Crippen molar-refractivity contribution in [2.24, 2.45) is 5.84 Å². The third-order valence-corrected chi connectivity index (χ3v) is 4.06. The van der Waals surface area contributed by atoms with Crippen molar-refractivity contribution in [1.29, 1.82) is 0 Å². The molecule has 0 amide bonds. The predicted octanol–water partition coefficient (Wildman–Crippen LogP) is 2.52. The van der Waals surface area contributed by atoms with Gasteiger partial charge in [-0.25, -0.2) is 0 Å². The second-order valence-corrected chi connectivity index (χ2v) is 5.28. The van der Waals surface area contributed by atoms with Crippen LogP contribution in [0, 0.1) is 0 Å². The SMILES string of the molecule is COc1cc(OC)c(C(Cc2ccsc2)NN)cc1OC. The zero-order valence-electron chi connectivity index (χ0n) is 12.4. The fraction of sp³-hybridized carbons (Fsp3) is 0.333. The number of thiophene rings is 1. The molecule has 1 atom stereocenters. The highest BCUT2D eigenvalue weighted by atomic mass is 32.1. The zero-order chi connectivity index (χ0) is 15.2. The number of nitrogens with one attached hydrogen (secondary N) is 1. The van der Waals surface area contributed by atoms with Gasteiger partial charge in [-0.2, -0.15) is 11.3 Å². The Balaban J connectivity index is 2.39. The van der Waals surface area contributed by atoms with E-state index in [1.54, 1.807) is 32.7 Å². The third kappa shape index (κ3) is 3.47. The van der Waals surface area contributed by atoms with E-state index in [9.17, 15) is 0 Å². The van der Waals surface area contributed by atoms with Crippen LogP contribution in [0.3, 0.4) is 0 Å². The van der Waals surface area contributed by atoms with Gasteiger partial charge in [0, 0.05) is 11.6 Å². The maximum absolute atomic E-state index is 5.73. The predicted molar refractivity (Wildman–Crippen MR) is 84.2 cm³/mol. The fourth-order valence-electron chi connectivity index (χ4n) is 2.23. The summed E-state index contributed by atoms with van der Waals surface area (Å²) in [5.74, 6) is 7.73. The van der Waals surface area contributed by atoms with E-state index >= 15 is 0 Å². The molecule has 1 aromatic heterocycles. The topological polar surface area (TPSA) is 65.7 Å². The van der Waals surface area contributed by atoms with Crippen LogP contribution in [0.4, 0.5) is 0 Å². The number of hydrazine groups is 1. The normalized spacial score (nSPS) is 12.0. The van der Waals surface area contributed by atoms with E-state index in [1.165, 1.54) is 5.56 Å². The molecule has 5 nitrogen and oxygen atoms in total. The fourth-order valence-corrected chi connectivity index (χ4v) is 2.91. The summed E-state index contributed by atoms with van der Waals surface area (Å²) >= 11 is 1.67. The van der Waals surface area contributed by atoms with E-state index in [1.807, 2.05) is 12.1 Å². The van der Waals surface area contributed by atoms with Crippen molar-refractivity contribution in [3.63, 3.8) is 0 Å². The molecule has 1 unspecified atom stereocenters. The average Bonchev–Trinajstić information content (AvgIpc) is 3.04. The number of methoxy groups -OCH3 is 3. The summed E-state index contributed by atoms with van der Waals surface area (Å²) < 4.78 is 16.1. The molecule has 0 aliphatic heterocycles. The number of hydrogen-bond donors (Lipinski definition) is 2. The monoisotopic (exact) mass is 308 g/mol. The first kappa shape index (κ1) is 15.6. The molecule has 2 rings (SSSR count). The van der Waals surface area contributed by atoms with Gasteiger partial charge in [0.25, 0.3) is 0 Å². The van der Waals surface area contributed by atoms with Crippen LogP contribution < -0.4 is 25.5 Å². The van der Waals surface area contributed by atoms with Crippen molar-refractivity contribution in [3.8, 4) is 17.2 Å². The minimum absolute atomic E-state index is 0.0747. The van der Waals surface area contributed by atoms with Gasteiger partial charge >= 0.3 is 0 Å². The van der Waals surface area contributed by atoms with Crippen LogP contribution in [0.15, 0.2) is 29.0 Å². The van der Waals surface area contributed by atoms with Gasteiger partial charge in [0.1, 0.15) is 5.75 Å². The summed E-state index contributed by atoms with van der Waals surface area (Å²) in [6, 6.07) is 5.72. The van der Waals surface area contributed by atoms with E-state index in [0.717, 1.165) is 12.0 Å².